The van der Waals surface area contributed by atoms with E-state index in [-0.39, 0.29) is 22.7 Å². The highest BCUT2D eigenvalue weighted by Crippen LogP contribution is 2.33. The Bertz CT molecular complexity index is 1120. The van der Waals surface area contributed by atoms with Crippen molar-refractivity contribution in [1.29, 1.82) is 0 Å². The first-order valence-electron chi connectivity index (χ1n) is 11.0. The highest BCUT2D eigenvalue weighted by molar-refractivity contribution is 6.48. The summed E-state index contributed by atoms with van der Waals surface area (Å²) in [7, 11) is 1.58. The first kappa shape index (κ1) is 22.9. The summed E-state index contributed by atoms with van der Waals surface area (Å²) in [5.41, 5.74) is 2.43. The van der Waals surface area contributed by atoms with Crippen molar-refractivity contribution in [2.75, 3.05) is 17.7 Å². The molecule has 1 saturated carbocycles. The van der Waals surface area contributed by atoms with Gasteiger partial charge in [-0.25, -0.2) is 0 Å². The van der Waals surface area contributed by atoms with Crippen molar-refractivity contribution in [2.24, 2.45) is 0 Å². The molecule has 33 heavy (non-hydrogen) atoms. The van der Waals surface area contributed by atoms with Crippen molar-refractivity contribution in [2.45, 2.75) is 45.1 Å². The Balaban J connectivity index is 1.52. The van der Waals surface area contributed by atoms with Gasteiger partial charge in [-0.15, -0.1) is 0 Å². The highest BCUT2D eigenvalue weighted by atomic mass is 35.5. The Kier molecular flexibility index (Phi) is 6.70. The minimum absolute atomic E-state index is 0.0584. The van der Waals surface area contributed by atoms with Gasteiger partial charge in [0.15, 0.2) is 0 Å². The maximum atomic E-state index is 13.1. The molecule has 2 aromatic rings. The van der Waals surface area contributed by atoms with E-state index in [2.05, 4.69) is 10.6 Å². The largest absolute Gasteiger partial charge is 0.497 e. The lowest BCUT2D eigenvalue weighted by Gasteiger charge is -2.29. The van der Waals surface area contributed by atoms with Gasteiger partial charge >= 0.3 is 0 Å². The van der Waals surface area contributed by atoms with E-state index in [0.29, 0.717) is 22.7 Å². The summed E-state index contributed by atoms with van der Waals surface area (Å²) in [4.78, 5) is 39.9. The molecular weight excluding hydrogens is 442 g/mol. The second-order valence-electron chi connectivity index (χ2n) is 8.30. The molecule has 3 amide bonds. The minimum Gasteiger partial charge on any atom is -0.497 e. The number of aryl methyl sites for hydroxylation is 1. The zero-order chi connectivity index (χ0) is 23.5. The summed E-state index contributed by atoms with van der Waals surface area (Å²) in [6.45, 7) is 1.85. The van der Waals surface area contributed by atoms with Gasteiger partial charge in [0.25, 0.3) is 17.7 Å². The number of benzene rings is 2. The summed E-state index contributed by atoms with van der Waals surface area (Å²) in [6.07, 6.45) is 4.70. The predicted molar refractivity (Wildman–Crippen MR) is 127 cm³/mol. The molecule has 0 unspecified atom stereocenters. The van der Waals surface area contributed by atoms with Gasteiger partial charge in [-0.05, 0) is 61.7 Å². The lowest BCUT2D eigenvalue weighted by molar-refractivity contribution is -0.140. The van der Waals surface area contributed by atoms with Crippen LogP contribution in [0.4, 0.5) is 11.4 Å². The summed E-state index contributed by atoms with van der Waals surface area (Å²) in [6, 6.07) is 12.0. The Morgan fingerprint density at radius 3 is 2.39 bits per heavy atom. The molecule has 1 aliphatic carbocycles. The first-order chi connectivity index (χ1) is 15.9. The quantitative estimate of drug-likeness (QED) is 0.595. The fraction of sp³-hybridized carbons (Fsp3) is 0.320. The summed E-state index contributed by atoms with van der Waals surface area (Å²) in [5, 5.41) is 5.74. The van der Waals surface area contributed by atoms with E-state index in [1.807, 2.05) is 6.92 Å². The topological polar surface area (TPSA) is 87.7 Å². The molecule has 8 heteroatoms. The van der Waals surface area contributed by atoms with Crippen molar-refractivity contribution >= 4 is 40.7 Å². The number of hydrogen-bond donors (Lipinski definition) is 2. The summed E-state index contributed by atoms with van der Waals surface area (Å²) < 4.78 is 5.13. The van der Waals surface area contributed by atoms with Crippen molar-refractivity contribution in [3.05, 3.63) is 64.3 Å². The van der Waals surface area contributed by atoms with Crippen LogP contribution in [0.5, 0.6) is 5.75 Å². The minimum atomic E-state index is -0.456. The number of carbonyl (C=O) groups is 3. The first-order valence-corrected chi connectivity index (χ1v) is 11.4. The third-order valence-corrected chi connectivity index (χ3v) is 6.46. The van der Waals surface area contributed by atoms with Gasteiger partial charge in [0.1, 0.15) is 16.5 Å². The van der Waals surface area contributed by atoms with E-state index in [0.717, 1.165) is 37.7 Å². The van der Waals surface area contributed by atoms with E-state index in [9.17, 15) is 14.4 Å². The lowest BCUT2D eigenvalue weighted by Crippen LogP contribution is -2.42. The van der Waals surface area contributed by atoms with Crippen molar-refractivity contribution in [3.63, 3.8) is 0 Å². The number of anilines is 2. The highest BCUT2D eigenvalue weighted by Gasteiger charge is 2.42. The van der Waals surface area contributed by atoms with Crippen molar-refractivity contribution < 1.29 is 19.1 Å². The van der Waals surface area contributed by atoms with Gasteiger partial charge in [0, 0.05) is 23.0 Å². The zero-order valence-electron chi connectivity index (χ0n) is 18.6. The fourth-order valence-electron chi connectivity index (χ4n) is 4.21. The number of carbonyl (C=O) groups excluding carboxylic acids is 3. The molecule has 2 aromatic carbocycles. The number of methoxy groups -OCH3 is 1. The molecule has 4 rings (SSSR count). The summed E-state index contributed by atoms with van der Waals surface area (Å²) in [5.74, 6) is -0.481. The Morgan fingerprint density at radius 1 is 1.03 bits per heavy atom. The van der Waals surface area contributed by atoms with E-state index in [1.165, 1.54) is 4.90 Å². The Labute approximate surface area is 197 Å². The lowest BCUT2D eigenvalue weighted by atomic mass is 9.94. The van der Waals surface area contributed by atoms with Gasteiger partial charge in [-0.3, -0.25) is 19.3 Å². The second-order valence-corrected chi connectivity index (χ2v) is 8.68. The monoisotopic (exact) mass is 467 g/mol. The number of imide groups is 1. The van der Waals surface area contributed by atoms with Crippen LogP contribution in [0.3, 0.4) is 0 Å². The molecule has 7 nitrogen and oxygen atoms in total. The van der Waals surface area contributed by atoms with Crippen LogP contribution < -0.4 is 15.4 Å². The third-order valence-electron chi connectivity index (χ3n) is 6.11. The number of rotatable bonds is 6. The van der Waals surface area contributed by atoms with Crippen LogP contribution in [0.1, 0.15) is 48.0 Å². The van der Waals surface area contributed by atoms with E-state index >= 15 is 0 Å². The molecular formula is C25H26ClN3O4. The van der Waals surface area contributed by atoms with E-state index < -0.39 is 11.8 Å². The smallest absolute Gasteiger partial charge is 0.279 e. The maximum absolute atomic E-state index is 13.1. The molecule has 0 spiro atoms. The van der Waals surface area contributed by atoms with Crippen LogP contribution in [-0.2, 0) is 9.59 Å². The molecule has 1 heterocycles. The van der Waals surface area contributed by atoms with Crippen LogP contribution in [0, 0.1) is 6.92 Å². The number of amides is 3. The number of halogens is 1. The molecule has 1 aliphatic heterocycles. The van der Waals surface area contributed by atoms with Crippen molar-refractivity contribution in [3.8, 4) is 5.75 Å². The average molecular weight is 468 g/mol. The fourth-order valence-corrected chi connectivity index (χ4v) is 4.43. The molecule has 0 atom stereocenters. The van der Waals surface area contributed by atoms with E-state index in [1.54, 1.807) is 49.6 Å². The van der Waals surface area contributed by atoms with Gasteiger partial charge in [-0.1, -0.05) is 36.9 Å². The Hall–Kier alpha value is -3.32. The second kappa shape index (κ2) is 9.67. The molecule has 172 valence electrons. The Morgan fingerprint density at radius 2 is 1.73 bits per heavy atom. The number of ether oxygens (including phenoxy) is 1. The van der Waals surface area contributed by atoms with Crippen molar-refractivity contribution in [1.82, 2.24) is 4.90 Å². The molecule has 0 saturated heterocycles. The van der Waals surface area contributed by atoms with Gasteiger partial charge in [-0.2, -0.15) is 0 Å². The molecule has 1 fully saturated rings. The summed E-state index contributed by atoms with van der Waals surface area (Å²) >= 11 is 6.29. The molecule has 0 bridgehead atoms. The van der Waals surface area contributed by atoms with Crippen LogP contribution in [0.15, 0.2) is 53.2 Å². The van der Waals surface area contributed by atoms with Gasteiger partial charge in [0.2, 0.25) is 0 Å². The SMILES string of the molecule is COc1ccc(NC(=O)c2ccc(C)c(NC3=C(Cl)C(=O)N(C4CCCCC4)C3=O)c2)cc1. The van der Waals surface area contributed by atoms with Gasteiger partial charge in [0.05, 0.1) is 7.11 Å². The third kappa shape index (κ3) is 4.73. The maximum Gasteiger partial charge on any atom is 0.279 e. The normalized spacial score (nSPS) is 16.9. The van der Waals surface area contributed by atoms with Crippen LogP contribution >= 0.6 is 11.6 Å². The van der Waals surface area contributed by atoms with Crippen LogP contribution in [-0.4, -0.2) is 35.8 Å². The van der Waals surface area contributed by atoms with Crippen LogP contribution in [0.25, 0.3) is 0 Å². The molecule has 2 N–H and O–H groups in total. The molecule has 2 aliphatic rings. The molecule has 0 aromatic heterocycles. The number of nitrogens with zero attached hydrogens (tertiary/aromatic N) is 1. The standard InChI is InChI=1S/C25H26ClN3O4/c1-15-8-9-16(23(30)27-17-10-12-19(33-2)13-11-17)14-20(15)28-22-21(26)24(31)29(25(22)32)18-6-4-3-5-7-18/h8-14,18,28H,3-7H2,1-2H3,(H,27,30). The predicted octanol–water partition coefficient (Wildman–Crippen LogP) is 4.82. The average Bonchev–Trinajstić information content (AvgIpc) is 3.04. The number of hydrogen-bond acceptors (Lipinski definition) is 5. The molecule has 0 radical (unpaired) electrons. The van der Waals surface area contributed by atoms with Gasteiger partial charge < -0.3 is 15.4 Å². The van der Waals surface area contributed by atoms with Crippen LogP contribution in [0.2, 0.25) is 0 Å². The number of nitrogens with one attached hydrogen (secondary N) is 2. The van der Waals surface area contributed by atoms with E-state index in [4.69, 9.17) is 16.3 Å². The zero-order valence-corrected chi connectivity index (χ0v) is 19.4.